The standard InChI is InChI=1S/C20H20N2O4S2/c1-25-11-10-21-18(23)12-26-19(24)15-8-6-14(7-9-15)13-27-20-22-16-4-2-3-5-17(16)28-20/h2-9H,10-13H2,1H3,(H,21,23). The van der Waals surface area contributed by atoms with Gasteiger partial charge in [0.25, 0.3) is 5.91 Å². The van der Waals surface area contributed by atoms with Crippen molar-refractivity contribution in [3.05, 3.63) is 59.7 Å². The molecule has 1 amide bonds. The molecule has 0 atom stereocenters. The van der Waals surface area contributed by atoms with Gasteiger partial charge in [-0.1, -0.05) is 36.0 Å². The Kier molecular flexibility index (Phi) is 7.41. The van der Waals surface area contributed by atoms with Gasteiger partial charge in [0, 0.05) is 19.4 Å². The first-order valence-electron chi connectivity index (χ1n) is 8.66. The molecule has 0 radical (unpaired) electrons. The molecule has 0 saturated carbocycles. The topological polar surface area (TPSA) is 77.5 Å². The molecule has 28 heavy (non-hydrogen) atoms. The molecule has 0 aliphatic carbocycles. The number of nitrogens with zero attached hydrogens (tertiary/aromatic N) is 1. The first-order valence-corrected chi connectivity index (χ1v) is 10.5. The number of thioether (sulfide) groups is 1. The van der Waals surface area contributed by atoms with Crippen molar-refractivity contribution in [3.63, 3.8) is 0 Å². The Hall–Kier alpha value is -2.42. The third-order valence-corrected chi connectivity index (χ3v) is 6.04. The number of hydrogen-bond donors (Lipinski definition) is 1. The van der Waals surface area contributed by atoms with E-state index in [1.807, 2.05) is 30.3 Å². The van der Waals surface area contributed by atoms with Crippen molar-refractivity contribution < 1.29 is 19.1 Å². The molecule has 6 nitrogen and oxygen atoms in total. The van der Waals surface area contributed by atoms with E-state index in [0.717, 1.165) is 21.2 Å². The Morgan fingerprint density at radius 1 is 1.14 bits per heavy atom. The van der Waals surface area contributed by atoms with Crippen LogP contribution in [0.5, 0.6) is 0 Å². The maximum Gasteiger partial charge on any atom is 0.338 e. The van der Waals surface area contributed by atoms with Crippen LogP contribution in [0.25, 0.3) is 10.2 Å². The molecule has 1 N–H and O–H groups in total. The predicted molar refractivity (Wildman–Crippen MR) is 111 cm³/mol. The van der Waals surface area contributed by atoms with Gasteiger partial charge in [0.2, 0.25) is 0 Å². The van der Waals surface area contributed by atoms with Crippen LogP contribution in [0.2, 0.25) is 0 Å². The summed E-state index contributed by atoms with van der Waals surface area (Å²) in [5.41, 5.74) is 2.51. The quantitative estimate of drug-likeness (QED) is 0.327. The summed E-state index contributed by atoms with van der Waals surface area (Å²) >= 11 is 3.34. The summed E-state index contributed by atoms with van der Waals surface area (Å²) < 4.78 is 12.0. The number of aromatic nitrogens is 1. The summed E-state index contributed by atoms with van der Waals surface area (Å²) in [6.45, 7) is 0.488. The highest BCUT2D eigenvalue weighted by atomic mass is 32.2. The summed E-state index contributed by atoms with van der Waals surface area (Å²) in [4.78, 5) is 28.2. The molecule has 1 aromatic heterocycles. The molecule has 0 saturated heterocycles. The summed E-state index contributed by atoms with van der Waals surface area (Å²) in [5, 5.41) is 2.59. The lowest BCUT2D eigenvalue weighted by molar-refractivity contribution is -0.124. The molecule has 0 unspecified atom stereocenters. The Bertz CT molecular complexity index is 908. The molecule has 2 aromatic carbocycles. The molecule has 0 aliphatic heterocycles. The number of thiazole rings is 1. The lowest BCUT2D eigenvalue weighted by atomic mass is 10.1. The van der Waals surface area contributed by atoms with Gasteiger partial charge in [-0.15, -0.1) is 11.3 Å². The van der Waals surface area contributed by atoms with Gasteiger partial charge in [0.15, 0.2) is 10.9 Å². The number of hydrogen-bond acceptors (Lipinski definition) is 7. The first-order chi connectivity index (χ1) is 13.7. The van der Waals surface area contributed by atoms with Crippen LogP contribution in [0.3, 0.4) is 0 Å². The number of rotatable bonds is 9. The van der Waals surface area contributed by atoms with E-state index in [9.17, 15) is 9.59 Å². The molecule has 3 aromatic rings. The lowest BCUT2D eigenvalue weighted by Gasteiger charge is -2.06. The maximum atomic E-state index is 12.0. The van der Waals surface area contributed by atoms with Gasteiger partial charge in [-0.3, -0.25) is 4.79 Å². The van der Waals surface area contributed by atoms with E-state index in [0.29, 0.717) is 18.7 Å². The average molecular weight is 417 g/mol. The Balaban J connectivity index is 1.47. The maximum absolute atomic E-state index is 12.0. The van der Waals surface area contributed by atoms with Crippen molar-refractivity contribution in [2.24, 2.45) is 0 Å². The average Bonchev–Trinajstić information content (AvgIpc) is 3.14. The summed E-state index contributed by atoms with van der Waals surface area (Å²) in [6, 6.07) is 15.3. The minimum absolute atomic E-state index is 0.308. The zero-order chi connectivity index (χ0) is 19.8. The van der Waals surface area contributed by atoms with Crippen LogP contribution in [0.4, 0.5) is 0 Å². The van der Waals surface area contributed by atoms with E-state index in [2.05, 4.69) is 16.4 Å². The van der Waals surface area contributed by atoms with E-state index < -0.39 is 5.97 Å². The Morgan fingerprint density at radius 3 is 2.68 bits per heavy atom. The highest BCUT2D eigenvalue weighted by Gasteiger charge is 2.10. The molecule has 8 heteroatoms. The number of ether oxygens (including phenoxy) is 2. The molecule has 146 valence electrons. The van der Waals surface area contributed by atoms with Gasteiger partial charge in [0.05, 0.1) is 22.4 Å². The van der Waals surface area contributed by atoms with E-state index in [1.54, 1.807) is 42.3 Å². The highest BCUT2D eigenvalue weighted by Crippen LogP contribution is 2.31. The molecule has 0 fully saturated rings. The van der Waals surface area contributed by atoms with Gasteiger partial charge in [-0.25, -0.2) is 9.78 Å². The minimum Gasteiger partial charge on any atom is -0.452 e. The van der Waals surface area contributed by atoms with Crippen LogP contribution in [-0.2, 0) is 20.0 Å². The number of benzene rings is 2. The van der Waals surface area contributed by atoms with Crippen LogP contribution in [0.1, 0.15) is 15.9 Å². The Morgan fingerprint density at radius 2 is 1.93 bits per heavy atom. The predicted octanol–water partition coefficient (Wildman–Crippen LogP) is 3.51. The summed E-state index contributed by atoms with van der Waals surface area (Å²) in [6.07, 6.45) is 0. The van der Waals surface area contributed by atoms with Crippen molar-refractivity contribution in [1.82, 2.24) is 10.3 Å². The fraction of sp³-hybridized carbons (Fsp3) is 0.250. The summed E-state index contributed by atoms with van der Waals surface area (Å²) in [5.74, 6) is -0.113. The molecule has 0 spiro atoms. The van der Waals surface area contributed by atoms with Crippen LogP contribution in [0.15, 0.2) is 52.9 Å². The molecule has 0 aliphatic rings. The smallest absolute Gasteiger partial charge is 0.338 e. The molecular formula is C20H20N2O4S2. The van der Waals surface area contributed by atoms with Crippen LogP contribution >= 0.6 is 23.1 Å². The highest BCUT2D eigenvalue weighted by molar-refractivity contribution is 8.00. The second-order valence-corrected chi connectivity index (χ2v) is 8.11. The van der Waals surface area contributed by atoms with E-state index >= 15 is 0 Å². The second-order valence-electron chi connectivity index (χ2n) is 5.85. The monoisotopic (exact) mass is 416 g/mol. The fourth-order valence-electron chi connectivity index (χ4n) is 2.35. The van der Waals surface area contributed by atoms with Crippen molar-refractivity contribution in [1.29, 1.82) is 0 Å². The first kappa shape index (κ1) is 20.3. The molecule has 0 bridgehead atoms. The number of amides is 1. The zero-order valence-corrected chi connectivity index (χ0v) is 17.0. The third kappa shape index (κ3) is 5.79. The normalized spacial score (nSPS) is 10.8. The van der Waals surface area contributed by atoms with E-state index in [1.165, 1.54) is 4.70 Å². The number of carbonyl (C=O) groups excluding carboxylic acids is 2. The number of para-hydroxylation sites is 1. The lowest BCUT2D eigenvalue weighted by Crippen LogP contribution is -2.31. The summed E-state index contributed by atoms with van der Waals surface area (Å²) in [7, 11) is 1.55. The number of esters is 1. The van der Waals surface area contributed by atoms with Crippen molar-refractivity contribution >= 4 is 45.2 Å². The van der Waals surface area contributed by atoms with Crippen molar-refractivity contribution in [3.8, 4) is 0 Å². The van der Waals surface area contributed by atoms with Crippen LogP contribution < -0.4 is 5.32 Å². The van der Waals surface area contributed by atoms with Gasteiger partial charge in [-0.05, 0) is 29.8 Å². The van der Waals surface area contributed by atoms with Crippen molar-refractivity contribution in [2.75, 3.05) is 26.9 Å². The number of carbonyl (C=O) groups is 2. The van der Waals surface area contributed by atoms with E-state index in [4.69, 9.17) is 9.47 Å². The van der Waals surface area contributed by atoms with E-state index in [-0.39, 0.29) is 12.5 Å². The molecular weight excluding hydrogens is 396 g/mol. The second kappa shape index (κ2) is 10.2. The largest absolute Gasteiger partial charge is 0.452 e. The molecule has 1 heterocycles. The SMILES string of the molecule is COCCNC(=O)COC(=O)c1ccc(CSc2nc3ccccc3s2)cc1. The molecule has 3 rings (SSSR count). The third-order valence-electron chi connectivity index (χ3n) is 3.79. The van der Waals surface area contributed by atoms with Gasteiger partial charge < -0.3 is 14.8 Å². The number of fused-ring (bicyclic) bond motifs is 1. The van der Waals surface area contributed by atoms with Crippen LogP contribution in [-0.4, -0.2) is 43.7 Å². The van der Waals surface area contributed by atoms with Crippen LogP contribution in [0, 0.1) is 0 Å². The van der Waals surface area contributed by atoms with Gasteiger partial charge in [0.1, 0.15) is 0 Å². The van der Waals surface area contributed by atoms with Gasteiger partial charge >= 0.3 is 5.97 Å². The minimum atomic E-state index is -0.521. The van der Waals surface area contributed by atoms with Gasteiger partial charge in [-0.2, -0.15) is 0 Å². The Labute approximate surface area is 171 Å². The zero-order valence-electron chi connectivity index (χ0n) is 15.3. The number of methoxy groups -OCH3 is 1. The fourth-order valence-corrected chi connectivity index (χ4v) is 4.38. The van der Waals surface area contributed by atoms with Crippen molar-refractivity contribution in [2.45, 2.75) is 10.1 Å². The number of nitrogens with one attached hydrogen (secondary N) is 1.